The third-order valence-electron chi connectivity index (χ3n) is 4.70. The summed E-state index contributed by atoms with van der Waals surface area (Å²) in [7, 11) is 1.39. The second-order valence-corrected chi connectivity index (χ2v) is 6.70. The van der Waals surface area contributed by atoms with Crippen molar-refractivity contribution in [2.75, 3.05) is 13.7 Å². The Bertz CT molecular complexity index is 975. The largest absolute Gasteiger partial charge is 0.472 e. The summed E-state index contributed by atoms with van der Waals surface area (Å²) in [6.07, 6.45) is 0.390. The van der Waals surface area contributed by atoms with Crippen LogP contribution in [0.15, 0.2) is 48.5 Å². The van der Waals surface area contributed by atoms with E-state index in [4.69, 9.17) is 14.5 Å². The van der Waals surface area contributed by atoms with Gasteiger partial charge in [-0.2, -0.15) is 4.98 Å². The first-order valence-corrected chi connectivity index (χ1v) is 8.96. The quantitative estimate of drug-likeness (QED) is 0.719. The molecule has 138 valence electrons. The van der Waals surface area contributed by atoms with Crippen molar-refractivity contribution in [3.05, 3.63) is 54.1 Å². The molecule has 0 amide bonds. The second-order valence-electron chi connectivity index (χ2n) is 6.70. The second kappa shape index (κ2) is 7.32. The summed E-state index contributed by atoms with van der Waals surface area (Å²) in [5, 5.41) is 4.01. The Labute approximate surface area is 157 Å². The molecule has 6 heteroatoms. The molecule has 4 rings (SSSR count). The van der Waals surface area contributed by atoms with Crippen LogP contribution in [0.4, 0.5) is 0 Å². The minimum atomic E-state index is -0.344. The molecule has 1 aliphatic rings. The molecule has 3 aromatic rings. The van der Waals surface area contributed by atoms with Crippen LogP contribution in [-0.4, -0.2) is 41.7 Å². The molecule has 1 fully saturated rings. The molecule has 1 saturated heterocycles. The Kier molecular flexibility index (Phi) is 4.73. The SMILES string of the molecule is COC(=O)C1C[C@@H](Oc2nc(-c3ccccc3)nc3ccc(C)cc23)CN1. The Morgan fingerprint density at radius 1 is 1.15 bits per heavy atom. The molecule has 0 bridgehead atoms. The third kappa shape index (κ3) is 3.61. The zero-order valence-corrected chi connectivity index (χ0v) is 15.3. The summed E-state index contributed by atoms with van der Waals surface area (Å²) in [5.74, 6) is 0.895. The lowest BCUT2D eigenvalue weighted by Gasteiger charge is -2.15. The first kappa shape index (κ1) is 17.4. The molecule has 0 aliphatic carbocycles. The first-order chi connectivity index (χ1) is 13.1. The standard InChI is InChI=1S/C21H21N3O3/c1-13-8-9-17-16(10-13)20(24-19(23-17)14-6-4-3-5-7-14)27-15-11-18(22-12-15)21(25)26-2/h3-10,15,18,22H,11-12H2,1-2H3/t15-,18?/m1/s1. The Hall–Kier alpha value is -2.99. The number of hydrogen-bond acceptors (Lipinski definition) is 6. The van der Waals surface area contributed by atoms with E-state index in [0.29, 0.717) is 24.7 Å². The summed E-state index contributed by atoms with van der Waals surface area (Å²) in [6, 6.07) is 15.5. The average Bonchev–Trinajstić information content (AvgIpc) is 3.17. The van der Waals surface area contributed by atoms with Crippen molar-refractivity contribution in [2.24, 2.45) is 0 Å². The molecule has 0 radical (unpaired) electrons. The summed E-state index contributed by atoms with van der Waals surface area (Å²) < 4.78 is 11.0. The maximum atomic E-state index is 11.7. The van der Waals surface area contributed by atoms with Crippen LogP contribution >= 0.6 is 0 Å². The number of hydrogen-bond donors (Lipinski definition) is 1. The van der Waals surface area contributed by atoms with Crippen molar-refractivity contribution < 1.29 is 14.3 Å². The zero-order chi connectivity index (χ0) is 18.8. The number of methoxy groups -OCH3 is 1. The Morgan fingerprint density at radius 2 is 1.96 bits per heavy atom. The van der Waals surface area contributed by atoms with Crippen LogP contribution in [0.25, 0.3) is 22.3 Å². The molecule has 2 heterocycles. The van der Waals surface area contributed by atoms with Gasteiger partial charge in [0.05, 0.1) is 18.0 Å². The minimum absolute atomic E-state index is 0.156. The zero-order valence-electron chi connectivity index (χ0n) is 15.3. The molecule has 0 spiro atoms. The van der Waals surface area contributed by atoms with Crippen LogP contribution in [0.5, 0.6) is 5.88 Å². The van der Waals surface area contributed by atoms with Gasteiger partial charge in [0.1, 0.15) is 12.1 Å². The van der Waals surface area contributed by atoms with Crippen molar-refractivity contribution in [2.45, 2.75) is 25.5 Å². The third-order valence-corrected chi connectivity index (χ3v) is 4.70. The Balaban J connectivity index is 1.70. The predicted octanol–water partition coefficient (Wildman–Crippen LogP) is 2.89. The summed E-state index contributed by atoms with van der Waals surface area (Å²) in [5.41, 5.74) is 2.88. The van der Waals surface area contributed by atoms with Gasteiger partial charge in [0.2, 0.25) is 5.88 Å². The number of nitrogens with one attached hydrogen (secondary N) is 1. The topological polar surface area (TPSA) is 73.3 Å². The molecular weight excluding hydrogens is 342 g/mol. The lowest BCUT2D eigenvalue weighted by Crippen LogP contribution is -2.31. The van der Waals surface area contributed by atoms with Crippen molar-refractivity contribution in [1.29, 1.82) is 0 Å². The van der Waals surface area contributed by atoms with Gasteiger partial charge in [0.25, 0.3) is 0 Å². The molecule has 2 aromatic carbocycles. The van der Waals surface area contributed by atoms with Gasteiger partial charge in [0, 0.05) is 18.5 Å². The van der Waals surface area contributed by atoms with Gasteiger partial charge in [-0.15, -0.1) is 0 Å². The highest BCUT2D eigenvalue weighted by Crippen LogP contribution is 2.29. The van der Waals surface area contributed by atoms with Gasteiger partial charge < -0.3 is 14.8 Å². The lowest BCUT2D eigenvalue weighted by atomic mass is 10.1. The van der Waals surface area contributed by atoms with Crippen LogP contribution < -0.4 is 10.1 Å². The van der Waals surface area contributed by atoms with Crippen LogP contribution in [0, 0.1) is 6.92 Å². The van der Waals surface area contributed by atoms with E-state index in [1.54, 1.807) is 0 Å². The molecule has 1 N–H and O–H groups in total. The van der Waals surface area contributed by atoms with Crippen molar-refractivity contribution in [1.82, 2.24) is 15.3 Å². The first-order valence-electron chi connectivity index (χ1n) is 8.96. The Morgan fingerprint density at radius 3 is 2.74 bits per heavy atom. The molecule has 2 atom stereocenters. The number of ether oxygens (including phenoxy) is 2. The molecule has 0 saturated carbocycles. The van der Waals surface area contributed by atoms with E-state index in [2.05, 4.69) is 10.3 Å². The van der Waals surface area contributed by atoms with E-state index in [9.17, 15) is 4.79 Å². The number of esters is 1. The minimum Gasteiger partial charge on any atom is -0.472 e. The normalized spacial score (nSPS) is 19.2. The highest BCUT2D eigenvalue weighted by molar-refractivity contribution is 5.86. The number of rotatable bonds is 4. The highest BCUT2D eigenvalue weighted by Gasteiger charge is 2.32. The fourth-order valence-electron chi connectivity index (χ4n) is 3.29. The summed E-state index contributed by atoms with van der Waals surface area (Å²) in [4.78, 5) is 21.1. The van der Waals surface area contributed by atoms with Crippen molar-refractivity contribution in [3.63, 3.8) is 0 Å². The smallest absolute Gasteiger partial charge is 0.323 e. The number of carbonyl (C=O) groups is 1. The van der Waals surface area contributed by atoms with Crippen LogP contribution in [-0.2, 0) is 9.53 Å². The average molecular weight is 363 g/mol. The van der Waals surface area contributed by atoms with Gasteiger partial charge in [-0.1, -0.05) is 42.0 Å². The highest BCUT2D eigenvalue weighted by atomic mass is 16.5. The predicted molar refractivity (Wildman–Crippen MR) is 103 cm³/mol. The molecule has 1 aliphatic heterocycles. The van der Waals surface area contributed by atoms with Crippen LogP contribution in [0.2, 0.25) is 0 Å². The van der Waals surface area contributed by atoms with Crippen LogP contribution in [0.3, 0.4) is 0 Å². The maximum Gasteiger partial charge on any atom is 0.323 e. The van der Waals surface area contributed by atoms with Crippen molar-refractivity contribution >= 4 is 16.9 Å². The van der Waals surface area contributed by atoms with Crippen molar-refractivity contribution in [3.8, 4) is 17.3 Å². The molecule has 1 aromatic heterocycles. The fraction of sp³-hybridized carbons (Fsp3) is 0.286. The number of benzene rings is 2. The number of carbonyl (C=O) groups excluding carboxylic acids is 1. The molecule has 1 unspecified atom stereocenters. The molecule has 6 nitrogen and oxygen atoms in total. The van der Waals surface area contributed by atoms with E-state index < -0.39 is 0 Å². The van der Waals surface area contributed by atoms with Gasteiger partial charge >= 0.3 is 5.97 Å². The van der Waals surface area contributed by atoms with Gasteiger partial charge in [-0.25, -0.2) is 4.98 Å². The van der Waals surface area contributed by atoms with Crippen LogP contribution in [0.1, 0.15) is 12.0 Å². The molecular formula is C21H21N3O3. The number of nitrogens with zero attached hydrogens (tertiary/aromatic N) is 2. The van der Waals surface area contributed by atoms with E-state index in [1.165, 1.54) is 7.11 Å². The lowest BCUT2D eigenvalue weighted by molar-refractivity contribution is -0.142. The van der Waals surface area contributed by atoms with E-state index in [-0.39, 0.29) is 18.1 Å². The monoisotopic (exact) mass is 363 g/mol. The summed E-state index contributed by atoms with van der Waals surface area (Å²) >= 11 is 0. The van der Waals surface area contributed by atoms with E-state index >= 15 is 0 Å². The molecule has 27 heavy (non-hydrogen) atoms. The summed E-state index contributed by atoms with van der Waals surface area (Å²) in [6.45, 7) is 2.59. The van der Waals surface area contributed by atoms with E-state index in [0.717, 1.165) is 22.0 Å². The number of aromatic nitrogens is 2. The fourth-order valence-corrected chi connectivity index (χ4v) is 3.29. The maximum absolute atomic E-state index is 11.7. The number of aryl methyl sites for hydroxylation is 1. The van der Waals surface area contributed by atoms with Gasteiger partial charge in [-0.3, -0.25) is 4.79 Å². The van der Waals surface area contributed by atoms with E-state index in [1.807, 2.05) is 55.5 Å². The number of fused-ring (bicyclic) bond motifs is 1. The van der Waals surface area contributed by atoms with Gasteiger partial charge in [-0.05, 0) is 19.1 Å². The van der Waals surface area contributed by atoms with Gasteiger partial charge in [0.15, 0.2) is 5.82 Å².